The number of benzene rings is 3. The van der Waals surface area contributed by atoms with E-state index in [4.69, 9.17) is 39.5 Å². The Labute approximate surface area is 201 Å². The normalized spacial score (nSPS) is 11.1. The number of allylic oxidation sites excluding steroid dienone is 1. The highest BCUT2D eigenvalue weighted by Gasteiger charge is 2.13. The van der Waals surface area contributed by atoms with Crippen LogP contribution < -0.4 is 4.74 Å². The maximum absolute atomic E-state index is 11.0. The zero-order valence-electron chi connectivity index (χ0n) is 15.6. The molecule has 0 aliphatic rings. The van der Waals surface area contributed by atoms with Crippen molar-refractivity contribution in [3.05, 3.63) is 101 Å². The van der Waals surface area contributed by atoms with Crippen molar-refractivity contribution in [3.63, 3.8) is 0 Å². The van der Waals surface area contributed by atoms with E-state index in [1.54, 1.807) is 42.5 Å². The Balaban J connectivity index is 1.87. The van der Waals surface area contributed by atoms with Crippen LogP contribution in [0.15, 0.2) is 59.1 Å². The van der Waals surface area contributed by atoms with Crippen molar-refractivity contribution in [2.45, 2.75) is 6.61 Å². The quantitative estimate of drug-likeness (QED) is 0.138. The summed E-state index contributed by atoms with van der Waals surface area (Å²) in [6.07, 6.45) is 1.59. The molecule has 0 saturated heterocycles. The number of nitrogens with zero attached hydrogens (tertiary/aromatic N) is 2. The minimum absolute atomic E-state index is 0.0949. The standard InChI is InChI=1S/C22H12BrCl3N2O3/c23-19-7-13(6-16(11-27)14-2-1-3-18(9-14)28(29)30)8-21(26)22(19)31-12-15-4-5-17(24)10-20(15)25/h1-10H,12H2/b16-6-. The second kappa shape index (κ2) is 10.2. The zero-order valence-corrected chi connectivity index (χ0v) is 19.5. The predicted molar refractivity (Wildman–Crippen MR) is 127 cm³/mol. The lowest BCUT2D eigenvalue weighted by Crippen LogP contribution is -1.98. The number of hydrogen-bond acceptors (Lipinski definition) is 4. The van der Waals surface area contributed by atoms with Crippen LogP contribution in [0.2, 0.25) is 15.1 Å². The number of nitriles is 1. The summed E-state index contributed by atoms with van der Waals surface area (Å²) >= 11 is 21.9. The van der Waals surface area contributed by atoms with E-state index in [0.29, 0.717) is 36.4 Å². The van der Waals surface area contributed by atoms with Crippen molar-refractivity contribution in [2.24, 2.45) is 0 Å². The van der Waals surface area contributed by atoms with Gasteiger partial charge in [-0.2, -0.15) is 5.26 Å². The van der Waals surface area contributed by atoms with Crippen molar-refractivity contribution >= 4 is 68.1 Å². The summed E-state index contributed by atoms with van der Waals surface area (Å²) in [6.45, 7) is 0.181. The molecule has 0 unspecified atom stereocenters. The van der Waals surface area contributed by atoms with Crippen molar-refractivity contribution in [3.8, 4) is 11.8 Å². The first kappa shape index (κ1) is 23.1. The smallest absolute Gasteiger partial charge is 0.270 e. The molecule has 9 heteroatoms. The third kappa shape index (κ3) is 5.78. The van der Waals surface area contributed by atoms with Gasteiger partial charge in [-0.15, -0.1) is 0 Å². The Morgan fingerprint density at radius 3 is 2.55 bits per heavy atom. The molecule has 0 amide bonds. The Bertz CT molecular complexity index is 1220. The van der Waals surface area contributed by atoms with Gasteiger partial charge in [-0.05, 0) is 57.4 Å². The van der Waals surface area contributed by atoms with Crippen LogP contribution in [0.3, 0.4) is 0 Å². The van der Waals surface area contributed by atoms with Gasteiger partial charge in [0.2, 0.25) is 0 Å². The summed E-state index contributed by atoms with van der Waals surface area (Å²) in [5.74, 6) is 0.415. The van der Waals surface area contributed by atoms with Gasteiger partial charge in [0, 0.05) is 27.7 Å². The van der Waals surface area contributed by atoms with E-state index in [1.807, 2.05) is 0 Å². The molecule has 3 rings (SSSR count). The number of ether oxygens (including phenoxy) is 1. The molecule has 0 aromatic heterocycles. The molecule has 3 aromatic rings. The molecule has 0 heterocycles. The molecule has 0 fully saturated rings. The fraction of sp³-hybridized carbons (Fsp3) is 0.0455. The average Bonchev–Trinajstić information content (AvgIpc) is 2.72. The lowest BCUT2D eigenvalue weighted by molar-refractivity contribution is -0.384. The van der Waals surface area contributed by atoms with Gasteiger partial charge in [0.25, 0.3) is 5.69 Å². The van der Waals surface area contributed by atoms with E-state index >= 15 is 0 Å². The van der Waals surface area contributed by atoms with Gasteiger partial charge in [0.15, 0.2) is 5.75 Å². The van der Waals surface area contributed by atoms with E-state index in [-0.39, 0.29) is 17.9 Å². The minimum atomic E-state index is -0.509. The molecule has 5 nitrogen and oxygen atoms in total. The third-order valence-electron chi connectivity index (χ3n) is 4.21. The Kier molecular flexibility index (Phi) is 7.58. The van der Waals surface area contributed by atoms with Crippen LogP contribution in [0, 0.1) is 21.4 Å². The molecule has 156 valence electrons. The van der Waals surface area contributed by atoms with E-state index in [9.17, 15) is 15.4 Å². The largest absolute Gasteiger partial charge is 0.486 e. The Morgan fingerprint density at radius 2 is 1.90 bits per heavy atom. The van der Waals surface area contributed by atoms with Crippen LogP contribution in [0.5, 0.6) is 5.75 Å². The van der Waals surface area contributed by atoms with Crippen LogP contribution >= 0.6 is 50.7 Å². The van der Waals surface area contributed by atoms with Crippen LogP contribution in [-0.4, -0.2) is 4.92 Å². The molecule has 0 saturated carbocycles. The first-order chi connectivity index (χ1) is 14.8. The molecule has 0 aliphatic carbocycles. The van der Waals surface area contributed by atoms with Gasteiger partial charge in [0.05, 0.1) is 26.1 Å². The topological polar surface area (TPSA) is 76.2 Å². The minimum Gasteiger partial charge on any atom is -0.486 e. The molecule has 0 radical (unpaired) electrons. The van der Waals surface area contributed by atoms with Gasteiger partial charge < -0.3 is 4.74 Å². The summed E-state index contributed by atoms with van der Waals surface area (Å²) < 4.78 is 6.40. The fourth-order valence-corrected chi connectivity index (χ4v) is 4.18. The molecule has 0 atom stereocenters. The van der Waals surface area contributed by atoms with E-state index < -0.39 is 4.92 Å². The van der Waals surface area contributed by atoms with Crippen molar-refractivity contribution in [2.75, 3.05) is 0 Å². The fourth-order valence-electron chi connectivity index (χ4n) is 2.72. The van der Waals surface area contributed by atoms with Gasteiger partial charge in [0.1, 0.15) is 6.61 Å². The third-order valence-corrected chi connectivity index (χ3v) is 5.66. The van der Waals surface area contributed by atoms with Gasteiger partial charge in [-0.25, -0.2) is 0 Å². The van der Waals surface area contributed by atoms with Gasteiger partial charge in [-0.1, -0.05) is 53.0 Å². The van der Waals surface area contributed by atoms with E-state index in [2.05, 4.69) is 22.0 Å². The molecule has 0 bridgehead atoms. The van der Waals surface area contributed by atoms with Crippen LogP contribution in [0.25, 0.3) is 11.6 Å². The molecular formula is C22H12BrCl3N2O3. The summed E-state index contributed by atoms with van der Waals surface area (Å²) in [7, 11) is 0. The number of non-ortho nitro benzene ring substituents is 1. The first-order valence-electron chi connectivity index (χ1n) is 8.71. The van der Waals surface area contributed by atoms with E-state index in [0.717, 1.165) is 5.56 Å². The Morgan fingerprint density at radius 1 is 1.13 bits per heavy atom. The summed E-state index contributed by atoms with van der Waals surface area (Å²) in [5.41, 5.74) is 1.96. The average molecular weight is 539 g/mol. The van der Waals surface area contributed by atoms with Gasteiger partial charge >= 0.3 is 0 Å². The van der Waals surface area contributed by atoms with Crippen molar-refractivity contribution < 1.29 is 9.66 Å². The molecule has 0 aliphatic heterocycles. The van der Waals surface area contributed by atoms with Crippen LogP contribution in [0.1, 0.15) is 16.7 Å². The predicted octanol–water partition coefficient (Wildman–Crippen LogP) is 7.96. The number of nitro groups is 1. The zero-order chi connectivity index (χ0) is 22.5. The second-order valence-corrected chi connectivity index (χ2v) is 8.42. The first-order valence-corrected chi connectivity index (χ1v) is 10.6. The lowest BCUT2D eigenvalue weighted by Gasteiger charge is -2.12. The molecule has 0 spiro atoms. The maximum atomic E-state index is 11.0. The summed E-state index contributed by atoms with van der Waals surface area (Å²) in [5, 5.41) is 21.9. The van der Waals surface area contributed by atoms with Gasteiger partial charge in [-0.3, -0.25) is 10.1 Å². The maximum Gasteiger partial charge on any atom is 0.270 e. The molecule has 3 aromatic carbocycles. The molecule has 31 heavy (non-hydrogen) atoms. The lowest BCUT2D eigenvalue weighted by atomic mass is 10.0. The van der Waals surface area contributed by atoms with Crippen LogP contribution in [-0.2, 0) is 6.61 Å². The molecular weight excluding hydrogens is 527 g/mol. The van der Waals surface area contributed by atoms with E-state index in [1.165, 1.54) is 18.2 Å². The highest BCUT2D eigenvalue weighted by molar-refractivity contribution is 9.10. The van der Waals surface area contributed by atoms with Crippen molar-refractivity contribution in [1.82, 2.24) is 0 Å². The number of nitro benzene ring substituents is 1. The number of halogens is 4. The highest BCUT2D eigenvalue weighted by atomic mass is 79.9. The second-order valence-electron chi connectivity index (χ2n) is 6.32. The van der Waals surface area contributed by atoms with Crippen LogP contribution in [0.4, 0.5) is 5.69 Å². The van der Waals surface area contributed by atoms with Crippen molar-refractivity contribution in [1.29, 1.82) is 5.26 Å². The molecule has 0 N–H and O–H groups in total. The summed E-state index contributed by atoms with van der Waals surface area (Å²) in [6, 6.07) is 16.4. The summed E-state index contributed by atoms with van der Waals surface area (Å²) in [4.78, 5) is 10.5. The number of hydrogen-bond donors (Lipinski definition) is 0. The highest BCUT2D eigenvalue weighted by Crippen LogP contribution is 2.36. The monoisotopic (exact) mass is 536 g/mol. The SMILES string of the molecule is N#C/C(=C/c1cc(Cl)c(OCc2ccc(Cl)cc2Cl)c(Br)c1)c1cccc([N+](=O)[O-])c1. The Hall–Kier alpha value is -2.56. The number of rotatable bonds is 6.